The van der Waals surface area contributed by atoms with Crippen molar-refractivity contribution in [1.29, 1.82) is 0 Å². The van der Waals surface area contributed by atoms with Gasteiger partial charge in [-0.25, -0.2) is 0 Å². The fraction of sp³-hybridized carbons (Fsp3) is 0.733. The third-order valence-corrected chi connectivity index (χ3v) is 6.32. The van der Waals surface area contributed by atoms with Gasteiger partial charge >= 0.3 is 0 Å². The van der Waals surface area contributed by atoms with Gasteiger partial charge in [-0.15, -0.1) is 11.3 Å². The normalized spacial score (nSPS) is 19.0. The van der Waals surface area contributed by atoms with Crippen LogP contribution in [-0.4, -0.2) is 17.5 Å². The van der Waals surface area contributed by atoms with Crippen molar-refractivity contribution >= 4 is 23.1 Å². The van der Waals surface area contributed by atoms with E-state index in [4.69, 9.17) is 0 Å². The van der Waals surface area contributed by atoms with Gasteiger partial charge in [0.05, 0.1) is 6.04 Å². The third kappa shape index (κ3) is 4.01. The second-order valence-corrected chi connectivity index (χ2v) is 7.45. The van der Waals surface area contributed by atoms with Crippen LogP contribution in [0.25, 0.3) is 0 Å². The molecule has 1 N–H and O–H groups in total. The molecule has 18 heavy (non-hydrogen) atoms. The van der Waals surface area contributed by atoms with Crippen LogP contribution >= 0.6 is 23.1 Å². The molecule has 2 rings (SSSR count). The van der Waals surface area contributed by atoms with E-state index in [0.717, 1.165) is 11.8 Å². The molecule has 0 aliphatic heterocycles. The van der Waals surface area contributed by atoms with E-state index in [1.807, 2.05) is 11.3 Å². The summed E-state index contributed by atoms with van der Waals surface area (Å²) in [7, 11) is 0. The molecule has 1 heterocycles. The van der Waals surface area contributed by atoms with Crippen molar-refractivity contribution < 1.29 is 0 Å². The van der Waals surface area contributed by atoms with E-state index in [2.05, 4.69) is 42.4 Å². The number of aryl methyl sites for hydroxylation is 1. The molecule has 0 bridgehead atoms. The van der Waals surface area contributed by atoms with Crippen molar-refractivity contribution in [1.82, 2.24) is 5.32 Å². The number of nitrogens with one attached hydrogen (secondary N) is 1. The van der Waals surface area contributed by atoms with E-state index in [1.165, 1.54) is 43.4 Å². The first-order valence-corrected chi connectivity index (χ1v) is 9.13. The summed E-state index contributed by atoms with van der Waals surface area (Å²) >= 11 is 4.10. The number of rotatable bonds is 6. The zero-order valence-electron chi connectivity index (χ0n) is 11.6. The molecule has 0 saturated heterocycles. The van der Waals surface area contributed by atoms with E-state index >= 15 is 0 Å². The van der Waals surface area contributed by atoms with Crippen LogP contribution in [0.4, 0.5) is 0 Å². The van der Waals surface area contributed by atoms with Crippen molar-refractivity contribution in [2.24, 2.45) is 0 Å². The molecule has 1 aromatic rings. The zero-order valence-corrected chi connectivity index (χ0v) is 13.2. The first-order chi connectivity index (χ1) is 8.81. The predicted octanol–water partition coefficient (Wildman–Crippen LogP) is 4.77. The average molecular weight is 284 g/mol. The van der Waals surface area contributed by atoms with E-state index in [0.29, 0.717) is 6.04 Å². The lowest BCUT2D eigenvalue weighted by Gasteiger charge is -2.24. The molecule has 1 fully saturated rings. The molecule has 0 aromatic carbocycles. The Balaban J connectivity index is 1.88. The van der Waals surface area contributed by atoms with Gasteiger partial charge in [0, 0.05) is 15.9 Å². The minimum atomic E-state index is 0.557. The van der Waals surface area contributed by atoms with Gasteiger partial charge in [-0.3, -0.25) is 0 Å². The maximum atomic E-state index is 3.66. The van der Waals surface area contributed by atoms with Crippen LogP contribution in [0.3, 0.4) is 0 Å². The molecule has 3 heteroatoms. The van der Waals surface area contributed by atoms with Crippen molar-refractivity contribution in [2.75, 3.05) is 12.3 Å². The van der Waals surface area contributed by atoms with Crippen molar-refractivity contribution in [3.05, 3.63) is 21.9 Å². The van der Waals surface area contributed by atoms with Crippen molar-refractivity contribution in [3.63, 3.8) is 0 Å². The fourth-order valence-corrected chi connectivity index (χ4v) is 5.20. The quantitative estimate of drug-likeness (QED) is 0.807. The minimum absolute atomic E-state index is 0.557. The lowest BCUT2D eigenvalue weighted by molar-refractivity contribution is 0.514. The van der Waals surface area contributed by atoms with Crippen LogP contribution in [0.5, 0.6) is 0 Å². The standard InChI is InChI=1S/C15H25NS2/c1-3-16-14(15-12(2)9-10-17-15)11-18-13-7-5-4-6-8-13/h9-10,13-14,16H,3-8,11H2,1-2H3. The van der Waals surface area contributed by atoms with Crippen LogP contribution < -0.4 is 5.32 Å². The molecular formula is C15H25NS2. The summed E-state index contributed by atoms with van der Waals surface area (Å²) in [5, 5.41) is 6.79. The van der Waals surface area contributed by atoms with E-state index in [1.54, 1.807) is 4.88 Å². The SMILES string of the molecule is CCNC(CSC1CCCCC1)c1sccc1C. The van der Waals surface area contributed by atoms with Crippen LogP contribution in [0, 0.1) is 6.92 Å². The second kappa shape index (κ2) is 7.56. The Morgan fingerprint density at radius 1 is 1.39 bits per heavy atom. The van der Waals surface area contributed by atoms with Gasteiger partial charge in [0.25, 0.3) is 0 Å². The monoisotopic (exact) mass is 283 g/mol. The topological polar surface area (TPSA) is 12.0 Å². The Bertz CT molecular complexity index is 342. The molecule has 1 nitrogen and oxygen atoms in total. The van der Waals surface area contributed by atoms with Crippen LogP contribution in [0.2, 0.25) is 0 Å². The van der Waals surface area contributed by atoms with Gasteiger partial charge in [-0.05, 0) is 43.3 Å². The van der Waals surface area contributed by atoms with E-state index in [9.17, 15) is 0 Å². The molecule has 0 amide bonds. The number of hydrogen-bond donors (Lipinski definition) is 1. The Labute approximate surface area is 120 Å². The second-order valence-electron chi connectivity index (χ2n) is 5.17. The summed E-state index contributed by atoms with van der Waals surface area (Å²) < 4.78 is 0. The molecule has 1 unspecified atom stereocenters. The molecule has 1 atom stereocenters. The molecule has 1 aliphatic rings. The van der Waals surface area contributed by atoms with Crippen LogP contribution in [-0.2, 0) is 0 Å². The lowest BCUT2D eigenvalue weighted by Crippen LogP contribution is -2.24. The molecule has 102 valence electrons. The minimum Gasteiger partial charge on any atom is -0.309 e. The summed E-state index contributed by atoms with van der Waals surface area (Å²) in [6, 6.07) is 2.80. The lowest BCUT2D eigenvalue weighted by atomic mass is 10.0. The average Bonchev–Trinajstić information content (AvgIpc) is 2.82. The highest BCUT2D eigenvalue weighted by Crippen LogP contribution is 2.33. The van der Waals surface area contributed by atoms with Crippen LogP contribution in [0.15, 0.2) is 11.4 Å². The summed E-state index contributed by atoms with van der Waals surface area (Å²) in [5.41, 5.74) is 1.45. The highest BCUT2D eigenvalue weighted by molar-refractivity contribution is 7.99. The highest BCUT2D eigenvalue weighted by Gasteiger charge is 2.19. The highest BCUT2D eigenvalue weighted by atomic mass is 32.2. The van der Waals surface area contributed by atoms with Gasteiger partial charge in [-0.1, -0.05) is 26.2 Å². The molecule has 1 aliphatic carbocycles. The van der Waals surface area contributed by atoms with Gasteiger partial charge in [0.1, 0.15) is 0 Å². The number of hydrogen-bond acceptors (Lipinski definition) is 3. The summed E-state index contributed by atoms with van der Waals surface area (Å²) in [5.74, 6) is 1.24. The first-order valence-electron chi connectivity index (χ1n) is 7.20. The summed E-state index contributed by atoms with van der Waals surface area (Å²) in [4.78, 5) is 1.54. The molecule has 1 saturated carbocycles. The van der Waals surface area contributed by atoms with Gasteiger partial charge in [0.2, 0.25) is 0 Å². The first kappa shape index (κ1) is 14.4. The molecular weight excluding hydrogens is 258 g/mol. The zero-order chi connectivity index (χ0) is 12.8. The third-order valence-electron chi connectivity index (χ3n) is 3.72. The number of thioether (sulfide) groups is 1. The molecule has 0 spiro atoms. The summed E-state index contributed by atoms with van der Waals surface area (Å²) in [6.07, 6.45) is 7.22. The largest absolute Gasteiger partial charge is 0.309 e. The van der Waals surface area contributed by atoms with Gasteiger partial charge in [-0.2, -0.15) is 11.8 Å². The van der Waals surface area contributed by atoms with Crippen molar-refractivity contribution in [2.45, 2.75) is 57.2 Å². The Hall–Kier alpha value is 0.0100. The summed E-state index contributed by atoms with van der Waals surface area (Å²) in [6.45, 7) is 5.51. The smallest absolute Gasteiger partial charge is 0.0509 e. The van der Waals surface area contributed by atoms with E-state index < -0.39 is 0 Å². The Kier molecular flexibility index (Phi) is 6.06. The predicted molar refractivity (Wildman–Crippen MR) is 84.8 cm³/mol. The Morgan fingerprint density at radius 2 is 2.17 bits per heavy atom. The van der Waals surface area contributed by atoms with E-state index in [-0.39, 0.29) is 0 Å². The molecule has 0 radical (unpaired) electrons. The fourth-order valence-electron chi connectivity index (χ4n) is 2.68. The maximum Gasteiger partial charge on any atom is 0.0509 e. The Morgan fingerprint density at radius 3 is 2.78 bits per heavy atom. The van der Waals surface area contributed by atoms with Crippen LogP contribution in [0.1, 0.15) is 55.5 Å². The number of thiophene rings is 1. The van der Waals surface area contributed by atoms with Gasteiger partial charge < -0.3 is 5.32 Å². The van der Waals surface area contributed by atoms with Gasteiger partial charge in [0.15, 0.2) is 0 Å². The van der Waals surface area contributed by atoms with Crippen molar-refractivity contribution in [3.8, 4) is 0 Å². The maximum absolute atomic E-state index is 3.66. The molecule has 1 aromatic heterocycles.